The van der Waals surface area contributed by atoms with Gasteiger partial charge in [0.15, 0.2) is 0 Å². The lowest BCUT2D eigenvalue weighted by Gasteiger charge is -2.57. The van der Waals surface area contributed by atoms with Gasteiger partial charge in [0.25, 0.3) is 0 Å². The minimum absolute atomic E-state index is 0.270. The molecule has 0 radical (unpaired) electrons. The summed E-state index contributed by atoms with van der Waals surface area (Å²) in [4.78, 5) is 8.08. The van der Waals surface area contributed by atoms with Crippen molar-refractivity contribution < 1.29 is 9.13 Å². The molecule has 6 heteroatoms. The highest BCUT2D eigenvalue weighted by Crippen LogP contribution is 2.51. The average Bonchev–Trinajstić information content (AvgIpc) is 3.05. The second-order valence-electron chi connectivity index (χ2n) is 9.82. The third-order valence-corrected chi connectivity index (χ3v) is 8.81. The zero-order valence-corrected chi connectivity index (χ0v) is 17.6. The van der Waals surface area contributed by atoms with Crippen molar-refractivity contribution in [3.63, 3.8) is 0 Å². The van der Waals surface area contributed by atoms with Crippen LogP contribution >= 0.6 is 11.9 Å². The van der Waals surface area contributed by atoms with E-state index >= 15 is 0 Å². The molecule has 3 aliphatic heterocycles. The number of hydrogen-bond acceptors (Lipinski definition) is 5. The molecule has 2 aromatic rings. The second-order valence-corrected chi connectivity index (χ2v) is 11.0. The fourth-order valence-electron chi connectivity index (χ4n) is 5.93. The van der Waals surface area contributed by atoms with Crippen LogP contribution in [0.4, 0.5) is 4.39 Å². The molecule has 154 valence electrons. The Morgan fingerprint density at radius 2 is 1.90 bits per heavy atom. The largest absolute Gasteiger partial charge is 0.380 e. The first kappa shape index (κ1) is 18.6. The first-order chi connectivity index (χ1) is 14.1. The van der Waals surface area contributed by atoms with Gasteiger partial charge in [-0.2, -0.15) is 0 Å². The van der Waals surface area contributed by atoms with Crippen molar-refractivity contribution in [1.82, 2.24) is 14.2 Å². The van der Waals surface area contributed by atoms with E-state index in [2.05, 4.69) is 26.3 Å². The van der Waals surface area contributed by atoms with Gasteiger partial charge in [0.05, 0.1) is 24.9 Å². The molecule has 1 unspecified atom stereocenters. The zero-order chi connectivity index (χ0) is 19.5. The Kier molecular flexibility index (Phi) is 4.42. The van der Waals surface area contributed by atoms with Crippen molar-refractivity contribution in [2.24, 2.45) is 10.8 Å². The number of benzene rings is 1. The van der Waals surface area contributed by atoms with E-state index in [-0.39, 0.29) is 5.82 Å². The quantitative estimate of drug-likeness (QED) is 0.698. The first-order valence-electron chi connectivity index (χ1n) is 10.9. The maximum absolute atomic E-state index is 13.5. The molecule has 1 atom stereocenters. The van der Waals surface area contributed by atoms with E-state index in [1.54, 1.807) is 6.07 Å². The zero-order valence-electron chi connectivity index (χ0n) is 16.8. The van der Waals surface area contributed by atoms with Crippen molar-refractivity contribution in [1.29, 1.82) is 0 Å². The summed E-state index contributed by atoms with van der Waals surface area (Å²) in [6.45, 7) is 6.82. The van der Waals surface area contributed by atoms with Gasteiger partial charge in [-0.1, -0.05) is 0 Å². The molecule has 1 saturated carbocycles. The summed E-state index contributed by atoms with van der Waals surface area (Å²) in [5.41, 5.74) is 1.96. The lowest BCUT2D eigenvalue weighted by Crippen LogP contribution is -2.67. The van der Waals surface area contributed by atoms with E-state index in [1.165, 1.54) is 56.3 Å². The average molecular weight is 414 g/mol. The number of rotatable bonds is 3. The topological polar surface area (TPSA) is 28.6 Å². The fraction of sp³-hybridized carbons (Fsp3) is 0.609. The third kappa shape index (κ3) is 3.38. The Labute approximate surface area is 175 Å². The number of piperidine rings is 1. The Balaban J connectivity index is 1.05. The Bertz CT molecular complexity index is 917. The molecule has 2 spiro atoms. The Hall–Kier alpha value is -1.21. The number of halogens is 1. The minimum atomic E-state index is -0.270. The van der Waals surface area contributed by atoms with Gasteiger partial charge in [-0.05, 0) is 73.7 Å². The summed E-state index contributed by atoms with van der Waals surface area (Å²) in [5.74, 6) is -0.270. The van der Waals surface area contributed by atoms with Crippen molar-refractivity contribution >= 4 is 22.9 Å². The number of nitrogens with zero attached hydrogens (tertiary/aromatic N) is 3. The fourth-order valence-corrected chi connectivity index (χ4v) is 6.90. The smallest absolute Gasteiger partial charge is 0.142 e. The number of fused-ring (bicyclic) bond motifs is 1. The number of ether oxygens (including phenoxy) is 1. The van der Waals surface area contributed by atoms with Crippen molar-refractivity contribution in [2.75, 3.05) is 39.4 Å². The van der Waals surface area contributed by atoms with Crippen LogP contribution in [0.5, 0.6) is 0 Å². The molecule has 3 saturated heterocycles. The SMILES string of the molecule is Fc1cnc2ccc(SN3CCC4(CCC(N5CC6(COC6)C5)C4)CC3)cc2c1. The molecule has 1 aliphatic carbocycles. The molecule has 1 aromatic carbocycles. The van der Waals surface area contributed by atoms with Gasteiger partial charge in [-0.15, -0.1) is 0 Å². The molecule has 0 amide bonds. The van der Waals surface area contributed by atoms with Crippen LogP contribution in [0.25, 0.3) is 10.9 Å². The third-order valence-electron chi connectivity index (χ3n) is 7.72. The van der Waals surface area contributed by atoms with Crippen LogP contribution in [0.1, 0.15) is 32.1 Å². The molecule has 4 heterocycles. The van der Waals surface area contributed by atoms with Crippen LogP contribution in [0, 0.1) is 16.6 Å². The highest BCUT2D eigenvalue weighted by Gasteiger charge is 2.53. The summed E-state index contributed by atoms with van der Waals surface area (Å²) < 4.78 is 21.4. The van der Waals surface area contributed by atoms with Crippen LogP contribution in [0.3, 0.4) is 0 Å². The molecule has 1 aromatic heterocycles. The Morgan fingerprint density at radius 1 is 1.07 bits per heavy atom. The lowest BCUT2D eigenvalue weighted by atomic mass is 9.75. The number of pyridine rings is 1. The van der Waals surface area contributed by atoms with Gasteiger partial charge in [-0.3, -0.25) is 9.88 Å². The van der Waals surface area contributed by atoms with E-state index in [9.17, 15) is 4.39 Å². The van der Waals surface area contributed by atoms with Gasteiger partial charge in [-0.25, -0.2) is 8.70 Å². The van der Waals surface area contributed by atoms with Crippen LogP contribution in [0.15, 0.2) is 35.4 Å². The van der Waals surface area contributed by atoms with Gasteiger partial charge >= 0.3 is 0 Å². The standard InChI is InChI=1S/C23H28FN3OS/c24-18-9-17-10-20(1-2-21(17)25-12-18)29-27-7-5-22(6-8-27)4-3-19(11-22)26-13-23(14-26)15-28-16-23/h1-2,9-10,12,19H,3-8,11,13-16H2. The highest BCUT2D eigenvalue weighted by atomic mass is 32.2. The molecule has 0 N–H and O–H groups in total. The number of aromatic nitrogens is 1. The van der Waals surface area contributed by atoms with E-state index in [4.69, 9.17) is 4.74 Å². The van der Waals surface area contributed by atoms with Gasteiger partial charge in [0.2, 0.25) is 0 Å². The van der Waals surface area contributed by atoms with Crippen molar-refractivity contribution in [2.45, 2.75) is 43.0 Å². The normalized spacial score (nSPS) is 28.7. The maximum Gasteiger partial charge on any atom is 0.142 e. The van der Waals surface area contributed by atoms with E-state index in [0.29, 0.717) is 10.8 Å². The summed E-state index contributed by atoms with van der Waals surface area (Å²) >= 11 is 1.82. The lowest BCUT2D eigenvalue weighted by molar-refractivity contribution is -0.198. The maximum atomic E-state index is 13.5. The van der Waals surface area contributed by atoms with Crippen molar-refractivity contribution in [3.05, 3.63) is 36.3 Å². The molecule has 4 fully saturated rings. The predicted octanol–water partition coefficient (Wildman–Crippen LogP) is 4.35. The van der Waals surface area contributed by atoms with E-state index < -0.39 is 0 Å². The van der Waals surface area contributed by atoms with Gasteiger partial charge in [0.1, 0.15) is 5.82 Å². The van der Waals surface area contributed by atoms with Crippen LogP contribution < -0.4 is 0 Å². The van der Waals surface area contributed by atoms with Crippen LogP contribution in [0.2, 0.25) is 0 Å². The van der Waals surface area contributed by atoms with Crippen LogP contribution in [-0.4, -0.2) is 59.6 Å². The first-order valence-corrected chi connectivity index (χ1v) is 11.7. The predicted molar refractivity (Wildman–Crippen MR) is 113 cm³/mol. The second kappa shape index (κ2) is 6.91. The molecule has 0 bridgehead atoms. The summed E-state index contributed by atoms with van der Waals surface area (Å²) in [5, 5.41) is 0.881. The van der Waals surface area contributed by atoms with Crippen molar-refractivity contribution in [3.8, 4) is 0 Å². The Morgan fingerprint density at radius 3 is 2.66 bits per heavy atom. The molecule has 4 nitrogen and oxygen atoms in total. The molecule has 29 heavy (non-hydrogen) atoms. The van der Waals surface area contributed by atoms with E-state index in [1.807, 2.05) is 18.0 Å². The summed E-state index contributed by atoms with van der Waals surface area (Å²) in [6.07, 6.45) is 8.08. The van der Waals surface area contributed by atoms with Gasteiger partial charge < -0.3 is 4.74 Å². The van der Waals surface area contributed by atoms with Crippen LogP contribution in [-0.2, 0) is 4.74 Å². The van der Waals surface area contributed by atoms with Gasteiger partial charge in [0, 0.05) is 47.9 Å². The summed E-state index contributed by atoms with van der Waals surface area (Å²) in [7, 11) is 0. The molecule has 6 rings (SSSR count). The molecular formula is C23H28FN3OS. The summed E-state index contributed by atoms with van der Waals surface area (Å²) in [6, 6.07) is 8.56. The molecule has 4 aliphatic rings. The monoisotopic (exact) mass is 413 g/mol. The van der Waals surface area contributed by atoms with E-state index in [0.717, 1.165) is 43.2 Å². The number of likely N-dealkylation sites (tertiary alicyclic amines) is 1. The minimum Gasteiger partial charge on any atom is -0.380 e. The number of hydrogen-bond donors (Lipinski definition) is 0. The highest BCUT2D eigenvalue weighted by molar-refractivity contribution is 7.97. The molecular weight excluding hydrogens is 385 g/mol.